The Morgan fingerprint density at radius 1 is 0.848 bits per heavy atom. The van der Waals surface area contributed by atoms with Crippen molar-refractivity contribution >= 4 is 27.3 Å². The average Bonchev–Trinajstić information content (AvgIpc) is 2.74. The van der Waals surface area contributed by atoms with Gasteiger partial charge in [-0.25, -0.2) is 8.42 Å². The van der Waals surface area contributed by atoms with Crippen molar-refractivity contribution < 1.29 is 17.9 Å². The molecule has 3 aromatic carbocycles. The molecule has 0 aliphatic rings. The molecule has 0 fully saturated rings. The highest BCUT2D eigenvalue weighted by molar-refractivity contribution is 7.92. The number of hydrogen-bond donors (Lipinski definition) is 2. The highest BCUT2D eigenvalue weighted by Crippen LogP contribution is 2.25. The zero-order chi connectivity index (χ0) is 24.3. The van der Waals surface area contributed by atoms with Crippen LogP contribution in [-0.2, 0) is 14.8 Å². The number of aryl methyl sites for hydroxylation is 4. The van der Waals surface area contributed by atoms with Gasteiger partial charge in [-0.05, 0) is 100 Å². The average molecular weight is 467 g/mol. The molecule has 1 amide bonds. The predicted octanol–water partition coefficient (Wildman–Crippen LogP) is 5.44. The summed E-state index contributed by atoms with van der Waals surface area (Å²) in [5.41, 5.74) is 6.07. The van der Waals surface area contributed by atoms with Gasteiger partial charge in [-0.3, -0.25) is 9.52 Å². The summed E-state index contributed by atoms with van der Waals surface area (Å²) in [6, 6.07) is 15.5. The van der Waals surface area contributed by atoms with E-state index in [0.29, 0.717) is 17.1 Å². The Morgan fingerprint density at radius 3 is 2.12 bits per heavy atom. The molecular weight excluding hydrogens is 436 g/mol. The number of benzene rings is 3. The Kier molecular flexibility index (Phi) is 7.12. The van der Waals surface area contributed by atoms with Crippen LogP contribution >= 0.6 is 0 Å². The maximum Gasteiger partial charge on any atom is 0.265 e. The molecule has 1 atom stereocenters. The summed E-state index contributed by atoms with van der Waals surface area (Å²) in [4.78, 5) is 12.7. The lowest BCUT2D eigenvalue weighted by molar-refractivity contribution is -0.122. The van der Waals surface area contributed by atoms with Crippen molar-refractivity contribution in [1.29, 1.82) is 0 Å². The molecule has 0 radical (unpaired) electrons. The van der Waals surface area contributed by atoms with Crippen molar-refractivity contribution in [3.8, 4) is 5.75 Å². The molecule has 0 heterocycles. The van der Waals surface area contributed by atoms with Gasteiger partial charge in [0, 0.05) is 5.69 Å². The minimum Gasteiger partial charge on any atom is -0.481 e. The van der Waals surface area contributed by atoms with Crippen LogP contribution in [0, 0.1) is 34.6 Å². The summed E-state index contributed by atoms with van der Waals surface area (Å²) in [5, 5.41) is 2.78. The second kappa shape index (κ2) is 9.67. The first kappa shape index (κ1) is 24.3. The number of anilines is 2. The first-order valence-corrected chi connectivity index (χ1v) is 12.2. The van der Waals surface area contributed by atoms with Gasteiger partial charge in [0.15, 0.2) is 6.10 Å². The van der Waals surface area contributed by atoms with Gasteiger partial charge in [0.05, 0.1) is 10.6 Å². The molecule has 6 nitrogen and oxygen atoms in total. The van der Waals surface area contributed by atoms with E-state index in [9.17, 15) is 13.2 Å². The van der Waals surface area contributed by atoms with Crippen molar-refractivity contribution in [3.63, 3.8) is 0 Å². The van der Waals surface area contributed by atoms with E-state index < -0.39 is 16.1 Å². The van der Waals surface area contributed by atoms with E-state index in [-0.39, 0.29) is 10.8 Å². The van der Waals surface area contributed by atoms with Gasteiger partial charge in [-0.15, -0.1) is 0 Å². The number of amides is 1. The van der Waals surface area contributed by atoms with Crippen molar-refractivity contribution in [2.24, 2.45) is 0 Å². The van der Waals surface area contributed by atoms with Crippen LogP contribution in [-0.4, -0.2) is 20.4 Å². The van der Waals surface area contributed by atoms with Gasteiger partial charge in [-0.2, -0.15) is 0 Å². The molecule has 33 heavy (non-hydrogen) atoms. The topological polar surface area (TPSA) is 84.5 Å². The fraction of sp³-hybridized carbons (Fsp3) is 0.269. The molecule has 0 aliphatic heterocycles. The molecule has 174 valence electrons. The molecule has 0 spiro atoms. The number of sulfonamides is 1. The number of nitrogens with one attached hydrogen (secondary N) is 2. The Balaban J connectivity index is 1.68. The summed E-state index contributed by atoms with van der Waals surface area (Å²) in [5.74, 6) is 0.353. The number of ether oxygens (including phenoxy) is 1. The van der Waals surface area contributed by atoms with Gasteiger partial charge in [0.25, 0.3) is 15.9 Å². The molecule has 1 unspecified atom stereocenters. The van der Waals surface area contributed by atoms with E-state index in [1.54, 1.807) is 25.1 Å². The zero-order valence-electron chi connectivity index (χ0n) is 19.8. The Morgan fingerprint density at radius 2 is 1.48 bits per heavy atom. The second-order valence-corrected chi connectivity index (χ2v) is 10.1. The lowest BCUT2D eigenvalue weighted by Gasteiger charge is -2.18. The lowest BCUT2D eigenvalue weighted by atomic mass is 10.1. The van der Waals surface area contributed by atoms with Gasteiger partial charge >= 0.3 is 0 Å². The molecule has 0 bridgehead atoms. The third kappa shape index (κ3) is 5.93. The summed E-state index contributed by atoms with van der Waals surface area (Å²) >= 11 is 0. The predicted molar refractivity (Wildman–Crippen MR) is 133 cm³/mol. The van der Waals surface area contributed by atoms with Crippen LogP contribution in [0.25, 0.3) is 0 Å². The lowest BCUT2D eigenvalue weighted by Crippen LogP contribution is -2.30. The minimum absolute atomic E-state index is 0.107. The van der Waals surface area contributed by atoms with Crippen LogP contribution in [0.3, 0.4) is 0 Å². The van der Waals surface area contributed by atoms with Gasteiger partial charge in [0.1, 0.15) is 5.75 Å². The maximum absolute atomic E-state index is 12.8. The first-order valence-electron chi connectivity index (χ1n) is 10.7. The zero-order valence-corrected chi connectivity index (χ0v) is 20.6. The Hall–Kier alpha value is -3.32. The van der Waals surface area contributed by atoms with Crippen molar-refractivity contribution in [3.05, 3.63) is 82.4 Å². The smallest absolute Gasteiger partial charge is 0.265 e. The molecular formula is C26H30N2O4S. The number of hydrogen-bond acceptors (Lipinski definition) is 4. The summed E-state index contributed by atoms with van der Waals surface area (Å²) in [6.45, 7) is 11.4. The fourth-order valence-corrected chi connectivity index (χ4v) is 4.59. The van der Waals surface area contributed by atoms with E-state index in [2.05, 4.69) is 16.1 Å². The van der Waals surface area contributed by atoms with E-state index >= 15 is 0 Å². The molecule has 3 rings (SSSR count). The molecule has 0 saturated carbocycles. The Bertz CT molecular complexity index is 1280. The summed E-state index contributed by atoms with van der Waals surface area (Å²) in [6.07, 6.45) is -0.723. The van der Waals surface area contributed by atoms with Crippen molar-refractivity contribution in [2.45, 2.75) is 52.5 Å². The van der Waals surface area contributed by atoms with Crippen LogP contribution in [0.4, 0.5) is 11.4 Å². The fourth-order valence-electron chi connectivity index (χ4n) is 3.46. The van der Waals surface area contributed by atoms with Crippen LogP contribution in [0.15, 0.2) is 59.5 Å². The number of carbonyl (C=O) groups excluding carboxylic acids is 1. The number of rotatable bonds is 7. The van der Waals surface area contributed by atoms with E-state index in [4.69, 9.17) is 4.74 Å². The minimum atomic E-state index is -3.75. The van der Waals surface area contributed by atoms with Gasteiger partial charge < -0.3 is 10.1 Å². The van der Waals surface area contributed by atoms with E-state index in [1.807, 2.05) is 52.8 Å². The summed E-state index contributed by atoms with van der Waals surface area (Å²) in [7, 11) is -3.75. The molecule has 2 N–H and O–H groups in total. The molecule has 0 aliphatic carbocycles. The number of carbonyl (C=O) groups is 1. The summed E-state index contributed by atoms with van der Waals surface area (Å²) < 4.78 is 34.0. The quantitative estimate of drug-likeness (QED) is 0.486. The third-order valence-corrected chi connectivity index (χ3v) is 6.88. The Labute approximate surface area is 196 Å². The van der Waals surface area contributed by atoms with Gasteiger partial charge in [-0.1, -0.05) is 23.8 Å². The van der Waals surface area contributed by atoms with E-state index in [0.717, 1.165) is 27.8 Å². The molecule has 0 saturated heterocycles. The monoisotopic (exact) mass is 466 g/mol. The molecule has 3 aromatic rings. The maximum atomic E-state index is 12.8. The highest BCUT2D eigenvalue weighted by atomic mass is 32.2. The van der Waals surface area contributed by atoms with Crippen molar-refractivity contribution in [2.75, 3.05) is 10.0 Å². The standard InChI is InChI=1S/C26H30N2O4S/c1-16-7-12-24(19(4)13-16)28-33(30,31)23-10-8-22(9-11-23)27-26(29)21(6)32-25-15-17(2)14-18(3)20(25)5/h7-15,21,28H,1-6H3,(H,27,29). The third-order valence-electron chi connectivity index (χ3n) is 5.50. The van der Waals surface area contributed by atoms with Crippen molar-refractivity contribution in [1.82, 2.24) is 0 Å². The van der Waals surface area contributed by atoms with Crippen LogP contribution in [0.1, 0.15) is 34.7 Å². The van der Waals surface area contributed by atoms with Crippen LogP contribution in [0.5, 0.6) is 5.75 Å². The first-order chi connectivity index (χ1) is 15.5. The highest BCUT2D eigenvalue weighted by Gasteiger charge is 2.18. The molecule has 0 aromatic heterocycles. The SMILES string of the molecule is Cc1ccc(NS(=O)(=O)c2ccc(NC(=O)C(C)Oc3cc(C)cc(C)c3C)cc2)c(C)c1. The van der Waals surface area contributed by atoms with E-state index in [1.165, 1.54) is 12.1 Å². The normalized spacial score (nSPS) is 12.2. The van der Waals surface area contributed by atoms with Crippen LogP contribution in [0.2, 0.25) is 0 Å². The van der Waals surface area contributed by atoms with Gasteiger partial charge in [0.2, 0.25) is 0 Å². The largest absolute Gasteiger partial charge is 0.481 e. The second-order valence-electron chi connectivity index (χ2n) is 8.40. The molecule has 7 heteroatoms. The van der Waals surface area contributed by atoms with Crippen LogP contribution < -0.4 is 14.8 Å².